The number of thiazole rings is 1. The molecule has 5 heteroatoms. The van der Waals surface area contributed by atoms with Gasteiger partial charge in [0.15, 0.2) is 5.13 Å². The smallest absolute Gasteiger partial charge is 0.186 e. The zero-order chi connectivity index (χ0) is 14.1. The predicted octanol–water partition coefficient (Wildman–Crippen LogP) is 2.77. The number of piperazine rings is 1. The predicted molar refractivity (Wildman–Crippen MR) is 87.9 cm³/mol. The summed E-state index contributed by atoms with van der Waals surface area (Å²) in [6, 6.07) is 12.4. The van der Waals surface area contributed by atoms with E-state index in [9.17, 15) is 0 Å². The van der Waals surface area contributed by atoms with Gasteiger partial charge in [-0.25, -0.2) is 9.97 Å². The number of rotatable bonds is 2. The molecular weight excluding hydrogens is 280 g/mol. The minimum Gasteiger partial charge on any atom is -0.346 e. The normalized spacial score (nSPS) is 15.5. The largest absolute Gasteiger partial charge is 0.346 e. The van der Waals surface area contributed by atoms with Gasteiger partial charge in [-0.15, -0.1) is 11.3 Å². The van der Waals surface area contributed by atoms with Crippen LogP contribution in [-0.4, -0.2) is 36.1 Å². The van der Waals surface area contributed by atoms with Crippen LogP contribution < -0.4 is 10.2 Å². The number of hydrogen-bond donors (Lipinski definition) is 1. The maximum atomic E-state index is 4.77. The number of fused-ring (bicyclic) bond motifs is 1. The van der Waals surface area contributed by atoms with Crippen LogP contribution in [-0.2, 0) is 0 Å². The van der Waals surface area contributed by atoms with Crippen molar-refractivity contribution in [2.45, 2.75) is 0 Å². The fourth-order valence-electron chi connectivity index (χ4n) is 2.59. The van der Waals surface area contributed by atoms with Crippen LogP contribution in [0, 0.1) is 0 Å². The van der Waals surface area contributed by atoms with Crippen LogP contribution in [0.3, 0.4) is 0 Å². The summed E-state index contributed by atoms with van der Waals surface area (Å²) in [6.45, 7) is 4.11. The summed E-state index contributed by atoms with van der Waals surface area (Å²) in [6.07, 6.45) is 0. The van der Waals surface area contributed by atoms with E-state index in [1.54, 1.807) is 11.3 Å². The van der Waals surface area contributed by atoms with Gasteiger partial charge in [-0.3, -0.25) is 0 Å². The Balaban J connectivity index is 1.67. The number of para-hydroxylation sites is 1. The lowest BCUT2D eigenvalue weighted by atomic mass is 10.2. The number of benzene rings is 1. The third-order valence-corrected chi connectivity index (χ3v) is 4.64. The molecule has 2 aromatic heterocycles. The second-order valence-corrected chi connectivity index (χ2v) is 5.98. The molecule has 4 rings (SSSR count). The topological polar surface area (TPSA) is 41.1 Å². The van der Waals surface area contributed by atoms with Gasteiger partial charge < -0.3 is 10.2 Å². The first-order valence-corrected chi connectivity index (χ1v) is 8.05. The Morgan fingerprint density at radius 1 is 0.952 bits per heavy atom. The van der Waals surface area contributed by atoms with Crippen molar-refractivity contribution in [3.63, 3.8) is 0 Å². The van der Waals surface area contributed by atoms with Crippen molar-refractivity contribution < 1.29 is 0 Å². The van der Waals surface area contributed by atoms with E-state index in [0.29, 0.717) is 0 Å². The minimum atomic E-state index is 0.950. The maximum Gasteiger partial charge on any atom is 0.186 e. The molecule has 1 aliphatic rings. The Bertz CT molecular complexity index is 762. The van der Waals surface area contributed by atoms with Gasteiger partial charge in [-0.2, -0.15) is 0 Å². The molecule has 3 aromatic rings. The highest BCUT2D eigenvalue weighted by molar-refractivity contribution is 7.14. The molecule has 0 unspecified atom stereocenters. The van der Waals surface area contributed by atoms with Gasteiger partial charge in [0, 0.05) is 36.9 Å². The lowest BCUT2D eigenvalue weighted by Crippen LogP contribution is -2.43. The molecule has 0 radical (unpaired) electrons. The lowest BCUT2D eigenvalue weighted by molar-refractivity contribution is 0.588. The molecule has 1 saturated heterocycles. The van der Waals surface area contributed by atoms with Crippen LogP contribution in [0.4, 0.5) is 5.13 Å². The van der Waals surface area contributed by atoms with Gasteiger partial charge in [-0.1, -0.05) is 24.3 Å². The number of hydrogen-bond acceptors (Lipinski definition) is 5. The van der Waals surface area contributed by atoms with Gasteiger partial charge in [0.25, 0.3) is 0 Å². The SMILES string of the molecule is c1ccc2nc(-c3csc(N4CCNCC4)n3)ccc2c1. The molecule has 106 valence electrons. The fraction of sp³-hybridized carbons (Fsp3) is 0.250. The molecule has 0 aliphatic carbocycles. The van der Waals surface area contributed by atoms with Crippen LogP contribution in [0.15, 0.2) is 41.8 Å². The summed E-state index contributed by atoms with van der Waals surface area (Å²) >= 11 is 1.70. The first-order valence-electron chi connectivity index (χ1n) is 7.17. The summed E-state index contributed by atoms with van der Waals surface area (Å²) in [5.41, 5.74) is 2.94. The first-order chi connectivity index (χ1) is 10.4. The standard InChI is InChI=1S/C16H16N4S/c1-2-4-13-12(3-1)5-6-14(18-13)15-11-21-16(19-15)20-9-7-17-8-10-20/h1-6,11,17H,7-10H2. The second kappa shape index (κ2) is 5.42. The summed E-state index contributed by atoms with van der Waals surface area (Å²) in [4.78, 5) is 11.8. The molecule has 1 aromatic carbocycles. The highest BCUT2D eigenvalue weighted by atomic mass is 32.1. The maximum absolute atomic E-state index is 4.77. The van der Waals surface area contributed by atoms with Gasteiger partial charge >= 0.3 is 0 Å². The van der Waals surface area contributed by atoms with Crippen molar-refractivity contribution in [1.29, 1.82) is 0 Å². The van der Waals surface area contributed by atoms with E-state index >= 15 is 0 Å². The van der Waals surface area contributed by atoms with E-state index in [1.807, 2.05) is 18.2 Å². The average Bonchev–Trinajstić information content (AvgIpc) is 3.05. The van der Waals surface area contributed by atoms with E-state index in [4.69, 9.17) is 9.97 Å². The molecule has 4 nitrogen and oxygen atoms in total. The van der Waals surface area contributed by atoms with Crippen molar-refractivity contribution >= 4 is 27.4 Å². The van der Waals surface area contributed by atoms with Gasteiger partial charge in [0.1, 0.15) is 5.69 Å². The molecule has 0 bridgehead atoms. The zero-order valence-corrected chi connectivity index (χ0v) is 12.4. The minimum absolute atomic E-state index is 0.950. The first kappa shape index (κ1) is 12.7. The van der Waals surface area contributed by atoms with Crippen LogP contribution in [0.5, 0.6) is 0 Å². The van der Waals surface area contributed by atoms with Crippen LogP contribution in [0.2, 0.25) is 0 Å². The van der Waals surface area contributed by atoms with E-state index in [1.165, 1.54) is 5.39 Å². The van der Waals surface area contributed by atoms with E-state index < -0.39 is 0 Å². The van der Waals surface area contributed by atoms with Crippen molar-refractivity contribution in [3.8, 4) is 11.4 Å². The highest BCUT2D eigenvalue weighted by Crippen LogP contribution is 2.27. The molecule has 3 heterocycles. The number of pyridine rings is 1. The molecular formula is C16H16N4S. The van der Waals surface area contributed by atoms with Gasteiger partial charge in [-0.05, 0) is 12.1 Å². The summed E-state index contributed by atoms with van der Waals surface area (Å²) in [7, 11) is 0. The Labute approximate surface area is 127 Å². The van der Waals surface area contributed by atoms with Crippen LogP contribution >= 0.6 is 11.3 Å². The molecule has 1 fully saturated rings. The molecule has 0 spiro atoms. The van der Waals surface area contributed by atoms with Gasteiger partial charge in [0.05, 0.1) is 11.2 Å². The summed E-state index contributed by atoms with van der Waals surface area (Å²) in [5, 5.41) is 7.74. The quantitative estimate of drug-likeness (QED) is 0.789. The summed E-state index contributed by atoms with van der Waals surface area (Å²) < 4.78 is 0. The number of aromatic nitrogens is 2. The van der Waals surface area contributed by atoms with E-state index in [-0.39, 0.29) is 0 Å². The fourth-order valence-corrected chi connectivity index (χ4v) is 3.47. The van der Waals surface area contributed by atoms with Crippen molar-refractivity contribution in [2.75, 3.05) is 31.1 Å². The zero-order valence-electron chi connectivity index (χ0n) is 11.6. The second-order valence-electron chi connectivity index (χ2n) is 5.14. The van der Waals surface area contributed by atoms with Crippen molar-refractivity contribution in [1.82, 2.24) is 15.3 Å². The Kier molecular flexibility index (Phi) is 3.29. The molecule has 1 aliphatic heterocycles. The molecule has 21 heavy (non-hydrogen) atoms. The number of nitrogens with zero attached hydrogens (tertiary/aromatic N) is 3. The average molecular weight is 296 g/mol. The lowest BCUT2D eigenvalue weighted by Gasteiger charge is -2.26. The Morgan fingerprint density at radius 3 is 2.71 bits per heavy atom. The van der Waals surface area contributed by atoms with Crippen LogP contribution in [0.1, 0.15) is 0 Å². The molecule has 0 saturated carbocycles. The molecule has 1 N–H and O–H groups in total. The Hall–Kier alpha value is -1.98. The van der Waals surface area contributed by atoms with Crippen molar-refractivity contribution in [3.05, 3.63) is 41.8 Å². The van der Waals surface area contributed by atoms with Crippen LogP contribution in [0.25, 0.3) is 22.3 Å². The molecule has 0 amide bonds. The molecule has 0 atom stereocenters. The third-order valence-electron chi connectivity index (χ3n) is 3.74. The number of anilines is 1. The summed E-state index contributed by atoms with van der Waals surface area (Å²) in [5.74, 6) is 0. The van der Waals surface area contributed by atoms with Gasteiger partial charge in [0.2, 0.25) is 0 Å². The van der Waals surface area contributed by atoms with E-state index in [2.05, 4.69) is 33.8 Å². The monoisotopic (exact) mass is 296 g/mol. The van der Waals surface area contributed by atoms with E-state index in [0.717, 1.165) is 48.2 Å². The number of nitrogens with one attached hydrogen (secondary N) is 1. The Morgan fingerprint density at radius 2 is 1.81 bits per heavy atom. The third kappa shape index (κ3) is 2.50. The highest BCUT2D eigenvalue weighted by Gasteiger charge is 2.15. The van der Waals surface area contributed by atoms with Crippen molar-refractivity contribution in [2.24, 2.45) is 0 Å².